The SMILES string of the molecule is COC(=O)CC=Cc1cc([N+](=O)[O-])ccc1OC. The lowest BCUT2D eigenvalue weighted by Gasteiger charge is -2.04. The summed E-state index contributed by atoms with van der Waals surface area (Å²) in [6.07, 6.45) is 3.25. The molecule has 0 bridgehead atoms. The minimum absolute atomic E-state index is 0.0338. The van der Waals surface area contributed by atoms with Gasteiger partial charge in [-0.25, -0.2) is 0 Å². The van der Waals surface area contributed by atoms with Gasteiger partial charge < -0.3 is 9.47 Å². The molecule has 0 amide bonds. The molecule has 96 valence electrons. The lowest BCUT2D eigenvalue weighted by Crippen LogP contribution is -1.97. The smallest absolute Gasteiger partial charge is 0.309 e. The first-order valence-corrected chi connectivity index (χ1v) is 5.14. The topological polar surface area (TPSA) is 78.7 Å². The highest BCUT2D eigenvalue weighted by Crippen LogP contribution is 2.25. The summed E-state index contributed by atoms with van der Waals surface area (Å²) < 4.78 is 9.55. The van der Waals surface area contributed by atoms with Gasteiger partial charge in [0.15, 0.2) is 0 Å². The fraction of sp³-hybridized carbons (Fsp3) is 0.250. The fourth-order valence-corrected chi connectivity index (χ4v) is 1.33. The predicted molar refractivity (Wildman–Crippen MR) is 65.3 cm³/mol. The van der Waals surface area contributed by atoms with Gasteiger partial charge in [0.2, 0.25) is 0 Å². The summed E-state index contributed by atoms with van der Waals surface area (Å²) >= 11 is 0. The number of carbonyl (C=O) groups excluding carboxylic acids is 1. The van der Waals surface area contributed by atoms with Gasteiger partial charge in [0.05, 0.1) is 25.6 Å². The maximum atomic E-state index is 10.9. The van der Waals surface area contributed by atoms with E-state index in [9.17, 15) is 14.9 Å². The van der Waals surface area contributed by atoms with E-state index >= 15 is 0 Å². The first-order chi connectivity index (χ1) is 8.58. The van der Waals surface area contributed by atoms with Gasteiger partial charge in [-0.05, 0) is 6.07 Å². The van der Waals surface area contributed by atoms with E-state index in [0.717, 1.165) is 0 Å². The average Bonchev–Trinajstić information content (AvgIpc) is 2.38. The number of carbonyl (C=O) groups is 1. The van der Waals surface area contributed by atoms with E-state index in [1.54, 1.807) is 12.2 Å². The minimum Gasteiger partial charge on any atom is -0.496 e. The molecule has 0 atom stereocenters. The fourth-order valence-electron chi connectivity index (χ4n) is 1.33. The molecule has 0 saturated carbocycles. The molecule has 6 heteroatoms. The van der Waals surface area contributed by atoms with Crippen molar-refractivity contribution in [3.8, 4) is 5.75 Å². The molecule has 6 nitrogen and oxygen atoms in total. The molecule has 1 aromatic rings. The Bertz CT molecular complexity index is 481. The Morgan fingerprint density at radius 2 is 2.17 bits per heavy atom. The molecule has 18 heavy (non-hydrogen) atoms. The van der Waals surface area contributed by atoms with E-state index in [1.807, 2.05) is 0 Å². The van der Waals surface area contributed by atoms with Crippen LogP contribution in [0.15, 0.2) is 24.3 Å². The van der Waals surface area contributed by atoms with Crippen LogP contribution >= 0.6 is 0 Å². The zero-order chi connectivity index (χ0) is 13.5. The lowest BCUT2D eigenvalue weighted by atomic mass is 10.1. The Kier molecular flexibility index (Phi) is 4.86. The zero-order valence-corrected chi connectivity index (χ0v) is 10.1. The van der Waals surface area contributed by atoms with Crippen molar-refractivity contribution in [2.45, 2.75) is 6.42 Å². The molecule has 0 N–H and O–H groups in total. The second-order valence-electron chi connectivity index (χ2n) is 3.37. The van der Waals surface area contributed by atoms with Gasteiger partial charge in [0.25, 0.3) is 5.69 Å². The van der Waals surface area contributed by atoms with E-state index < -0.39 is 4.92 Å². The van der Waals surface area contributed by atoms with Gasteiger partial charge in [-0.1, -0.05) is 12.2 Å². The van der Waals surface area contributed by atoms with E-state index in [0.29, 0.717) is 11.3 Å². The molecule has 1 aromatic carbocycles. The average molecular weight is 251 g/mol. The van der Waals surface area contributed by atoms with Crippen LogP contribution in [-0.4, -0.2) is 25.1 Å². The number of nitrogens with zero attached hydrogens (tertiary/aromatic N) is 1. The molecule has 0 radical (unpaired) electrons. The van der Waals surface area contributed by atoms with E-state index in [2.05, 4.69) is 4.74 Å². The standard InChI is InChI=1S/C12H13NO5/c1-17-11-7-6-10(13(15)16)8-9(11)4-3-5-12(14)18-2/h3-4,6-8H,5H2,1-2H3. The Balaban J connectivity index is 2.94. The minimum atomic E-state index is -0.489. The molecule has 0 aliphatic heterocycles. The van der Waals surface area contributed by atoms with E-state index in [-0.39, 0.29) is 18.1 Å². The maximum absolute atomic E-state index is 10.9. The second-order valence-corrected chi connectivity index (χ2v) is 3.37. The van der Waals surface area contributed by atoms with Crippen molar-refractivity contribution in [1.82, 2.24) is 0 Å². The van der Waals surface area contributed by atoms with Gasteiger partial charge in [0.1, 0.15) is 5.75 Å². The quantitative estimate of drug-likeness (QED) is 0.455. The first kappa shape index (κ1) is 13.7. The molecule has 0 unspecified atom stereocenters. The third-order valence-electron chi connectivity index (χ3n) is 2.23. The third kappa shape index (κ3) is 3.58. The van der Waals surface area contributed by atoms with Crippen molar-refractivity contribution in [3.63, 3.8) is 0 Å². The Morgan fingerprint density at radius 1 is 1.44 bits per heavy atom. The summed E-state index contributed by atoms with van der Waals surface area (Å²) in [5, 5.41) is 10.6. The van der Waals surface area contributed by atoms with Crippen molar-refractivity contribution in [2.75, 3.05) is 14.2 Å². The van der Waals surface area contributed by atoms with Gasteiger partial charge in [0, 0.05) is 17.7 Å². The van der Waals surface area contributed by atoms with Crippen molar-refractivity contribution < 1.29 is 19.2 Å². The number of rotatable bonds is 5. The molecule has 1 rings (SSSR count). The summed E-state index contributed by atoms with van der Waals surface area (Å²) in [6.45, 7) is 0. The van der Waals surface area contributed by atoms with Crippen LogP contribution in [0.2, 0.25) is 0 Å². The molecule has 0 aromatic heterocycles. The molecule has 0 aliphatic carbocycles. The van der Waals surface area contributed by atoms with E-state index in [4.69, 9.17) is 4.74 Å². The van der Waals surface area contributed by atoms with Crippen LogP contribution in [-0.2, 0) is 9.53 Å². The number of hydrogen-bond acceptors (Lipinski definition) is 5. The number of nitro groups is 1. The third-order valence-corrected chi connectivity index (χ3v) is 2.23. The van der Waals surface area contributed by atoms with Crippen molar-refractivity contribution >= 4 is 17.7 Å². The Morgan fingerprint density at radius 3 is 2.72 bits per heavy atom. The molecule has 0 fully saturated rings. The lowest BCUT2D eigenvalue weighted by molar-refractivity contribution is -0.384. The zero-order valence-electron chi connectivity index (χ0n) is 10.1. The van der Waals surface area contributed by atoms with Gasteiger partial charge in [-0.15, -0.1) is 0 Å². The van der Waals surface area contributed by atoms with Crippen LogP contribution in [0.3, 0.4) is 0 Å². The predicted octanol–water partition coefficient (Wildman–Crippen LogP) is 2.18. The van der Waals surface area contributed by atoms with Crippen LogP contribution in [0.25, 0.3) is 6.08 Å². The molecule has 0 spiro atoms. The molecule has 0 aliphatic rings. The summed E-state index contributed by atoms with van der Waals surface area (Å²) in [6, 6.07) is 4.25. The number of esters is 1. The first-order valence-electron chi connectivity index (χ1n) is 5.14. The number of nitro benzene ring substituents is 1. The molecular formula is C12H13NO5. The molecular weight excluding hydrogens is 238 g/mol. The Hall–Kier alpha value is -2.37. The van der Waals surface area contributed by atoms with Crippen molar-refractivity contribution in [3.05, 3.63) is 40.0 Å². The monoisotopic (exact) mass is 251 g/mol. The number of methoxy groups -OCH3 is 2. The van der Waals surface area contributed by atoms with Crippen LogP contribution in [0.4, 0.5) is 5.69 Å². The number of benzene rings is 1. The van der Waals surface area contributed by atoms with Gasteiger partial charge in [-0.2, -0.15) is 0 Å². The summed E-state index contributed by atoms with van der Waals surface area (Å²) in [5.74, 6) is 0.123. The van der Waals surface area contributed by atoms with Gasteiger partial charge in [-0.3, -0.25) is 14.9 Å². The summed E-state index contributed by atoms with van der Waals surface area (Å²) in [5.41, 5.74) is 0.504. The van der Waals surface area contributed by atoms with Crippen LogP contribution in [0.1, 0.15) is 12.0 Å². The van der Waals surface area contributed by atoms with Crippen LogP contribution in [0.5, 0.6) is 5.75 Å². The molecule has 0 saturated heterocycles. The number of non-ortho nitro benzene ring substituents is 1. The highest BCUT2D eigenvalue weighted by atomic mass is 16.6. The highest BCUT2D eigenvalue weighted by molar-refractivity contribution is 5.73. The molecule has 0 heterocycles. The largest absolute Gasteiger partial charge is 0.496 e. The normalized spacial score (nSPS) is 10.3. The summed E-state index contributed by atoms with van der Waals surface area (Å²) in [7, 11) is 2.77. The van der Waals surface area contributed by atoms with Crippen molar-refractivity contribution in [2.24, 2.45) is 0 Å². The highest BCUT2D eigenvalue weighted by Gasteiger charge is 2.09. The number of ether oxygens (including phenoxy) is 2. The Labute approximate surface area is 104 Å². The van der Waals surface area contributed by atoms with Crippen LogP contribution < -0.4 is 4.74 Å². The van der Waals surface area contributed by atoms with Crippen LogP contribution in [0, 0.1) is 10.1 Å². The second kappa shape index (κ2) is 6.39. The van der Waals surface area contributed by atoms with Crippen molar-refractivity contribution in [1.29, 1.82) is 0 Å². The summed E-state index contributed by atoms with van der Waals surface area (Å²) in [4.78, 5) is 21.1. The maximum Gasteiger partial charge on any atom is 0.309 e. The number of hydrogen-bond donors (Lipinski definition) is 0. The van der Waals surface area contributed by atoms with E-state index in [1.165, 1.54) is 32.4 Å². The van der Waals surface area contributed by atoms with Gasteiger partial charge >= 0.3 is 5.97 Å².